The lowest BCUT2D eigenvalue weighted by molar-refractivity contribution is 0.301. The number of para-hydroxylation sites is 1. The fourth-order valence-electron chi connectivity index (χ4n) is 1.83. The Kier molecular flexibility index (Phi) is 5.97. The zero-order valence-electron chi connectivity index (χ0n) is 11.8. The molecule has 2 rings (SSSR count). The lowest BCUT2D eigenvalue weighted by atomic mass is 10.2. The molecule has 0 aliphatic rings. The minimum atomic E-state index is 0.575. The summed E-state index contributed by atoms with van der Waals surface area (Å²) >= 11 is 0. The third-order valence-electron chi connectivity index (χ3n) is 2.99. The Morgan fingerprint density at radius 3 is 2.15 bits per heavy atom. The zero-order chi connectivity index (χ0) is 14.0. The van der Waals surface area contributed by atoms with Crippen molar-refractivity contribution in [3.8, 4) is 11.5 Å². The Balaban J connectivity index is 1.76. The first-order valence-electron chi connectivity index (χ1n) is 7.07. The van der Waals surface area contributed by atoms with Crippen molar-refractivity contribution < 1.29 is 9.47 Å². The molecule has 0 aromatic heterocycles. The lowest BCUT2D eigenvalue weighted by Gasteiger charge is -2.08. The third kappa shape index (κ3) is 4.96. The quantitative estimate of drug-likeness (QED) is 0.649. The van der Waals surface area contributed by atoms with Gasteiger partial charge < -0.3 is 9.47 Å². The van der Waals surface area contributed by atoms with Crippen LogP contribution in [-0.2, 0) is 6.61 Å². The highest BCUT2D eigenvalue weighted by atomic mass is 16.5. The van der Waals surface area contributed by atoms with Crippen molar-refractivity contribution in [2.75, 3.05) is 6.61 Å². The van der Waals surface area contributed by atoms with Crippen molar-refractivity contribution in [1.29, 1.82) is 0 Å². The summed E-state index contributed by atoms with van der Waals surface area (Å²) in [4.78, 5) is 0. The van der Waals surface area contributed by atoms with Crippen LogP contribution in [0.3, 0.4) is 0 Å². The van der Waals surface area contributed by atoms with Crippen molar-refractivity contribution in [2.45, 2.75) is 25.9 Å². The van der Waals surface area contributed by atoms with E-state index in [4.69, 9.17) is 9.47 Å². The third-order valence-corrected chi connectivity index (χ3v) is 2.99. The normalized spacial score (nSPS) is 10.2. The van der Waals surface area contributed by atoms with E-state index >= 15 is 0 Å². The summed E-state index contributed by atoms with van der Waals surface area (Å²) in [5.41, 5.74) is 1.14. The molecule has 2 aromatic carbocycles. The molecule has 2 nitrogen and oxygen atoms in total. The fourth-order valence-corrected chi connectivity index (χ4v) is 1.83. The van der Waals surface area contributed by atoms with Crippen LogP contribution in [0.4, 0.5) is 0 Å². The van der Waals surface area contributed by atoms with Gasteiger partial charge in [0, 0.05) is 0 Å². The molecule has 0 aliphatic carbocycles. The molecule has 0 saturated carbocycles. The Bertz CT molecular complexity index is 477. The van der Waals surface area contributed by atoms with Gasteiger partial charge in [0.05, 0.1) is 6.61 Å². The lowest BCUT2D eigenvalue weighted by Crippen LogP contribution is -1.98. The SMILES string of the molecule is [CH2]CCCCOc1ccc(COc2ccccc2)cc1. The number of rotatable bonds is 8. The molecule has 0 bridgehead atoms. The van der Waals surface area contributed by atoms with E-state index in [1.165, 1.54) is 0 Å². The molecule has 2 aromatic rings. The zero-order valence-corrected chi connectivity index (χ0v) is 11.8. The minimum absolute atomic E-state index is 0.575. The second-order valence-electron chi connectivity index (χ2n) is 4.65. The van der Waals surface area contributed by atoms with Gasteiger partial charge in [-0.2, -0.15) is 0 Å². The van der Waals surface area contributed by atoms with Crippen LogP contribution in [0.2, 0.25) is 0 Å². The van der Waals surface area contributed by atoms with E-state index in [0.717, 1.165) is 42.9 Å². The maximum Gasteiger partial charge on any atom is 0.119 e. The molecule has 20 heavy (non-hydrogen) atoms. The number of unbranched alkanes of at least 4 members (excludes halogenated alkanes) is 2. The smallest absolute Gasteiger partial charge is 0.119 e. The van der Waals surface area contributed by atoms with Crippen LogP contribution in [0.5, 0.6) is 11.5 Å². The number of hydrogen-bond donors (Lipinski definition) is 0. The van der Waals surface area contributed by atoms with Crippen LogP contribution in [0.25, 0.3) is 0 Å². The first-order valence-corrected chi connectivity index (χ1v) is 7.07. The predicted octanol–water partition coefficient (Wildman–Crippen LogP) is 4.65. The first-order chi connectivity index (χ1) is 9.88. The molecule has 0 unspecified atom stereocenters. The molecule has 0 saturated heterocycles. The van der Waals surface area contributed by atoms with Crippen molar-refractivity contribution in [3.63, 3.8) is 0 Å². The Morgan fingerprint density at radius 1 is 0.750 bits per heavy atom. The molecule has 0 N–H and O–H groups in total. The first kappa shape index (κ1) is 14.4. The van der Waals surface area contributed by atoms with Gasteiger partial charge >= 0.3 is 0 Å². The van der Waals surface area contributed by atoms with Crippen LogP contribution in [0.1, 0.15) is 24.8 Å². The van der Waals surface area contributed by atoms with E-state index in [1.54, 1.807) is 0 Å². The van der Waals surface area contributed by atoms with Gasteiger partial charge in [0.15, 0.2) is 0 Å². The summed E-state index contributed by atoms with van der Waals surface area (Å²) in [6, 6.07) is 17.9. The largest absolute Gasteiger partial charge is 0.494 e. The van der Waals surface area contributed by atoms with Gasteiger partial charge in [-0.15, -0.1) is 0 Å². The standard InChI is InChI=1S/C18H21O2/c1-2-3-7-14-19-18-12-10-16(11-13-18)15-20-17-8-5-4-6-9-17/h4-6,8-13H,1-3,7,14-15H2. The molecule has 0 heterocycles. The molecule has 0 spiro atoms. The van der Waals surface area contributed by atoms with E-state index in [9.17, 15) is 0 Å². The van der Waals surface area contributed by atoms with Crippen LogP contribution in [0.15, 0.2) is 54.6 Å². The topological polar surface area (TPSA) is 18.5 Å². The average molecular weight is 269 g/mol. The maximum atomic E-state index is 5.70. The monoisotopic (exact) mass is 269 g/mol. The predicted molar refractivity (Wildman–Crippen MR) is 81.9 cm³/mol. The summed E-state index contributed by atoms with van der Waals surface area (Å²) < 4.78 is 11.4. The van der Waals surface area contributed by atoms with Gasteiger partial charge in [0.2, 0.25) is 0 Å². The summed E-state index contributed by atoms with van der Waals surface area (Å²) in [6.07, 6.45) is 3.14. The fraction of sp³-hybridized carbons (Fsp3) is 0.278. The molecule has 1 radical (unpaired) electrons. The van der Waals surface area contributed by atoms with Crippen molar-refractivity contribution >= 4 is 0 Å². The van der Waals surface area contributed by atoms with Gasteiger partial charge in [-0.1, -0.05) is 50.1 Å². The van der Waals surface area contributed by atoms with Crippen molar-refractivity contribution in [1.82, 2.24) is 0 Å². The van der Waals surface area contributed by atoms with Gasteiger partial charge in [-0.25, -0.2) is 0 Å². The molecule has 105 valence electrons. The number of hydrogen-bond acceptors (Lipinski definition) is 2. The molecule has 0 atom stereocenters. The minimum Gasteiger partial charge on any atom is -0.494 e. The molecular weight excluding hydrogens is 248 g/mol. The highest BCUT2D eigenvalue weighted by Gasteiger charge is 1.97. The van der Waals surface area contributed by atoms with Crippen LogP contribution in [0, 0.1) is 6.92 Å². The molecule has 0 amide bonds. The van der Waals surface area contributed by atoms with E-state index in [0.29, 0.717) is 6.61 Å². The second kappa shape index (κ2) is 8.26. The molecule has 2 heteroatoms. The summed E-state index contributed by atoms with van der Waals surface area (Å²) in [6.45, 7) is 5.15. The van der Waals surface area contributed by atoms with Gasteiger partial charge in [0.25, 0.3) is 0 Å². The van der Waals surface area contributed by atoms with E-state index in [1.807, 2.05) is 54.6 Å². The van der Waals surface area contributed by atoms with Crippen molar-refractivity contribution in [3.05, 3.63) is 67.1 Å². The van der Waals surface area contributed by atoms with Gasteiger partial charge in [0.1, 0.15) is 18.1 Å². The summed E-state index contributed by atoms with van der Waals surface area (Å²) in [5.74, 6) is 1.80. The van der Waals surface area contributed by atoms with E-state index in [-0.39, 0.29) is 0 Å². The average Bonchev–Trinajstić information content (AvgIpc) is 2.52. The number of benzene rings is 2. The maximum absolute atomic E-state index is 5.70. The Labute approximate surface area is 121 Å². The van der Waals surface area contributed by atoms with Gasteiger partial charge in [-0.3, -0.25) is 0 Å². The van der Waals surface area contributed by atoms with Crippen molar-refractivity contribution in [2.24, 2.45) is 0 Å². The Hall–Kier alpha value is -1.96. The molecular formula is C18H21O2. The van der Waals surface area contributed by atoms with Gasteiger partial charge in [-0.05, 0) is 36.2 Å². The van der Waals surface area contributed by atoms with Crippen LogP contribution < -0.4 is 9.47 Å². The van der Waals surface area contributed by atoms with Crippen LogP contribution >= 0.6 is 0 Å². The molecule has 0 aliphatic heterocycles. The summed E-state index contributed by atoms with van der Waals surface area (Å²) in [7, 11) is 0. The number of ether oxygens (including phenoxy) is 2. The molecule has 0 fully saturated rings. The highest BCUT2D eigenvalue weighted by molar-refractivity contribution is 5.28. The summed E-state index contributed by atoms with van der Waals surface area (Å²) in [5, 5.41) is 0. The Morgan fingerprint density at radius 2 is 1.45 bits per heavy atom. The van der Waals surface area contributed by atoms with Crippen LogP contribution in [-0.4, -0.2) is 6.61 Å². The van der Waals surface area contributed by atoms with E-state index < -0.39 is 0 Å². The van der Waals surface area contributed by atoms with E-state index in [2.05, 4.69) is 6.92 Å². The highest BCUT2D eigenvalue weighted by Crippen LogP contribution is 2.15. The second-order valence-corrected chi connectivity index (χ2v) is 4.65.